The Morgan fingerprint density at radius 1 is 1.00 bits per heavy atom. The summed E-state index contributed by atoms with van der Waals surface area (Å²) in [7, 11) is -1.17. The van der Waals surface area contributed by atoms with Gasteiger partial charge in [-0.15, -0.1) is 11.1 Å². The second-order valence-electron chi connectivity index (χ2n) is 6.04. The van der Waals surface area contributed by atoms with E-state index in [9.17, 15) is 0 Å². The van der Waals surface area contributed by atoms with Crippen LogP contribution in [0, 0.1) is 13.0 Å². The molecule has 0 heterocycles. The van der Waals surface area contributed by atoms with Crippen molar-refractivity contribution in [3.05, 3.63) is 40.5 Å². The molecule has 1 aromatic rings. The molecule has 1 aromatic carbocycles. The van der Waals surface area contributed by atoms with E-state index in [4.69, 9.17) is 0 Å². The van der Waals surface area contributed by atoms with Gasteiger partial charge in [-0.3, -0.25) is 0 Å². The summed E-state index contributed by atoms with van der Waals surface area (Å²) in [6, 6.07) is 7.71. The molecule has 0 amide bonds. The van der Waals surface area contributed by atoms with Gasteiger partial charge in [0.25, 0.3) is 0 Å². The molecule has 5 heteroatoms. The third-order valence-electron chi connectivity index (χ3n) is 3.80. The summed E-state index contributed by atoms with van der Waals surface area (Å²) in [5, 5.41) is 0. The topological polar surface area (TPSA) is 0 Å². The number of hydrogen-bond acceptors (Lipinski definition) is 0. The van der Waals surface area contributed by atoms with Gasteiger partial charge in [-0.1, -0.05) is 44.6 Å². The van der Waals surface area contributed by atoms with Crippen LogP contribution in [0.25, 0.3) is 5.57 Å². The predicted molar refractivity (Wildman–Crippen MR) is 74.4 cm³/mol. The van der Waals surface area contributed by atoms with Crippen molar-refractivity contribution < 1.29 is 58.9 Å². The number of benzene rings is 1. The molecule has 1 aliphatic carbocycles. The van der Waals surface area contributed by atoms with E-state index in [1.54, 1.807) is 11.1 Å². The van der Waals surface area contributed by atoms with E-state index >= 15 is 0 Å². The molecule has 0 aromatic heterocycles. The third-order valence-corrected chi connectivity index (χ3v) is 6.28. The fourth-order valence-electron chi connectivity index (χ4n) is 3.13. The monoisotopic (exact) mass is 382 g/mol. The van der Waals surface area contributed by atoms with Crippen molar-refractivity contribution >= 4 is 13.6 Å². The van der Waals surface area contributed by atoms with Crippen molar-refractivity contribution in [2.45, 2.75) is 46.0 Å². The minimum atomic E-state index is -1.17. The number of rotatable bonds is 1. The molecule has 1 atom stereocenters. The molecule has 0 radical (unpaired) electrons. The van der Waals surface area contributed by atoms with E-state index in [1.165, 1.54) is 16.7 Å². The summed E-state index contributed by atoms with van der Waals surface area (Å²) in [6.45, 7) is 14.2. The Kier molecular flexibility index (Phi) is 11.6. The zero-order valence-corrected chi connectivity index (χ0v) is 17.7. The zero-order chi connectivity index (χ0) is 12.1. The molecule has 0 N–H and O–H groups in total. The standard InChI is InChI=1S/C15H21Si.3ClH.Ti/c1-10-8-7-9-13-14(10)11(2)12(3)15(13)16(4,5)6;;;;/h7,9,15H,1-6H3;3*1H;/q-1;;;;+4/p-3. The van der Waals surface area contributed by atoms with Gasteiger partial charge in [-0.25, -0.2) is 0 Å². The van der Waals surface area contributed by atoms with Crippen LogP contribution in [0.1, 0.15) is 36.1 Å². The Balaban J connectivity index is -0.000000722. The first-order valence-corrected chi connectivity index (χ1v) is 9.60. The first-order valence-electron chi connectivity index (χ1n) is 6.03. The van der Waals surface area contributed by atoms with Crippen LogP contribution in [-0.4, -0.2) is 8.07 Å². The van der Waals surface area contributed by atoms with Crippen LogP contribution in [0.2, 0.25) is 19.6 Å². The van der Waals surface area contributed by atoms with Gasteiger partial charge in [0.15, 0.2) is 0 Å². The fourth-order valence-corrected chi connectivity index (χ4v) is 5.82. The molecule has 0 fully saturated rings. The van der Waals surface area contributed by atoms with Gasteiger partial charge >= 0.3 is 21.7 Å². The Labute approximate surface area is 158 Å². The summed E-state index contributed by atoms with van der Waals surface area (Å²) >= 11 is 0. The molecule has 0 nitrogen and oxygen atoms in total. The summed E-state index contributed by atoms with van der Waals surface area (Å²) in [6.07, 6.45) is 0. The maximum atomic E-state index is 3.34. The predicted octanol–water partition coefficient (Wildman–Crippen LogP) is -4.43. The van der Waals surface area contributed by atoms with Crippen molar-refractivity contribution in [1.29, 1.82) is 0 Å². The first kappa shape index (κ1) is 25.7. The van der Waals surface area contributed by atoms with Crippen LogP contribution in [0.15, 0.2) is 17.7 Å². The molecule has 0 saturated carbocycles. The SMILES string of the molecule is CC1=C(C)C([Si](C)(C)C)c2cc[c-]c(C)c21.[Cl-].[Cl-].[Cl-].[Ti+4]. The van der Waals surface area contributed by atoms with E-state index in [-0.39, 0.29) is 58.9 Å². The molecule has 20 heavy (non-hydrogen) atoms. The Bertz CT molecular complexity index is 478. The van der Waals surface area contributed by atoms with Crippen molar-refractivity contribution in [2.75, 3.05) is 0 Å². The maximum absolute atomic E-state index is 3.34. The van der Waals surface area contributed by atoms with Crippen LogP contribution >= 0.6 is 0 Å². The average Bonchev–Trinajstić information content (AvgIpc) is 2.39. The normalized spacial score (nSPS) is 16.2. The van der Waals surface area contributed by atoms with Gasteiger partial charge in [0.2, 0.25) is 0 Å². The van der Waals surface area contributed by atoms with Crippen LogP contribution in [0.5, 0.6) is 0 Å². The maximum Gasteiger partial charge on any atom is 4.00 e. The van der Waals surface area contributed by atoms with Gasteiger partial charge < -0.3 is 37.2 Å². The molecule has 1 aliphatic rings. The minimum Gasteiger partial charge on any atom is -1.00 e. The quantitative estimate of drug-likeness (QED) is 0.339. The van der Waals surface area contributed by atoms with Crippen LogP contribution < -0.4 is 37.2 Å². The molecule has 0 aliphatic heterocycles. The summed E-state index contributed by atoms with van der Waals surface area (Å²) in [4.78, 5) is 0. The van der Waals surface area contributed by atoms with Gasteiger partial charge in [0.1, 0.15) is 0 Å². The van der Waals surface area contributed by atoms with E-state index in [1.807, 2.05) is 0 Å². The number of halogens is 3. The third kappa shape index (κ3) is 4.38. The van der Waals surface area contributed by atoms with Crippen molar-refractivity contribution in [3.8, 4) is 0 Å². The average molecular weight is 384 g/mol. The Morgan fingerprint density at radius 2 is 1.50 bits per heavy atom. The van der Waals surface area contributed by atoms with Crippen molar-refractivity contribution in [2.24, 2.45) is 0 Å². The largest absolute Gasteiger partial charge is 4.00 e. The van der Waals surface area contributed by atoms with E-state index in [2.05, 4.69) is 58.6 Å². The van der Waals surface area contributed by atoms with Crippen LogP contribution in [0.4, 0.5) is 0 Å². The van der Waals surface area contributed by atoms with Gasteiger partial charge in [-0.2, -0.15) is 23.8 Å². The molecule has 0 saturated heterocycles. The van der Waals surface area contributed by atoms with E-state index in [0.717, 1.165) is 0 Å². The summed E-state index contributed by atoms with van der Waals surface area (Å²) < 4.78 is 0. The van der Waals surface area contributed by atoms with Gasteiger partial charge in [0.05, 0.1) is 8.07 Å². The fraction of sp³-hybridized carbons (Fsp3) is 0.467. The van der Waals surface area contributed by atoms with E-state index < -0.39 is 8.07 Å². The van der Waals surface area contributed by atoms with Gasteiger partial charge in [-0.05, 0) is 12.5 Å². The van der Waals surface area contributed by atoms with Crippen LogP contribution in [0.3, 0.4) is 0 Å². The Morgan fingerprint density at radius 3 is 1.95 bits per heavy atom. The minimum absolute atomic E-state index is 0. The second-order valence-corrected chi connectivity index (χ2v) is 11.3. The molecule has 110 valence electrons. The molecular weight excluding hydrogens is 362 g/mol. The van der Waals surface area contributed by atoms with Crippen LogP contribution in [-0.2, 0) is 21.7 Å². The number of fused-ring (bicyclic) bond motifs is 1. The molecule has 0 bridgehead atoms. The number of aryl methyl sites for hydroxylation is 1. The Hall–Kier alpha value is 0.761. The molecule has 1 unspecified atom stereocenters. The van der Waals surface area contributed by atoms with Crippen molar-refractivity contribution in [1.82, 2.24) is 0 Å². The number of hydrogen-bond donors (Lipinski definition) is 0. The van der Waals surface area contributed by atoms with E-state index in [0.29, 0.717) is 5.54 Å². The summed E-state index contributed by atoms with van der Waals surface area (Å²) in [5.41, 5.74) is 8.15. The van der Waals surface area contributed by atoms with Crippen molar-refractivity contribution in [3.63, 3.8) is 0 Å². The molecule has 0 spiro atoms. The number of allylic oxidation sites excluding steroid dienone is 2. The smallest absolute Gasteiger partial charge is 1.00 e. The first-order chi connectivity index (χ1) is 7.34. The second kappa shape index (κ2) is 9.03. The molecule has 2 rings (SSSR count). The summed E-state index contributed by atoms with van der Waals surface area (Å²) in [5.74, 6) is 0. The molecular formula is C15H21Cl3SiTi. The zero-order valence-electron chi connectivity index (χ0n) is 12.9. The van der Waals surface area contributed by atoms with Gasteiger partial charge in [0, 0.05) is 0 Å².